The van der Waals surface area contributed by atoms with Gasteiger partial charge in [-0.2, -0.15) is 0 Å². The SMILES string of the molecule is O=c1cc(-c2cc3ccccc3oc2=O)c2ccc(OCc3cccc4ccccc34)cc2o1. The minimum Gasteiger partial charge on any atom is -0.489 e. The second kappa shape index (κ2) is 8.05. The summed E-state index contributed by atoms with van der Waals surface area (Å²) < 4.78 is 16.9. The van der Waals surface area contributed by atoms with Crippen LogP contribution in [0.1, 0.15) is 5.56 Å². The van der Waals surface area contributed by atoms with Crippen LogP contribution in [-0.4, -0.2) is 0 Å². The van der Waals surface area contributed by atoms with Crippen molar-refractivity contribution in [2.45, 2.75) is 6.61 Å². The summed E-state index contributed by atoms with van der Waals surface area (Å²) in [5.41, 5.74) is 1.59. The van der Waals surface area contributed by atoms with Crippen LogP contribution in [0.3, 0.4) is 0 Å². The highest BCUT2D eigenvalue weighted by atomic mass is 16.5. The zero-order valence-corrected chi connectivity index (χ0v) is 18.0. The lowest BCUT2D eigenvalue weighted by atomic mass is 10.0. The molecule has 0 bridgehead atoms. The lowest BCUT2D eigenvalue weighted by Gasteiger charge is -2.11. The van der Waals surface area contributed by atoms with Gasteiger partial charge in [0.2, 0.25) is 0 Å². The maximum atomic E-state index is 12.7. The minimum absolute atomic E-state index is 0.307. The van der Waals surface area contributed by atoms with E-state index in [1.54, 1.807) is 36.4 Å². The number of rotatable bonds is 4. The molecule has 2 aromatic heterocycles. The van der Waals surface area contributed by atoms with Crippen LogP contribution >= 0.6 is 0 Å². The Hall–Kier alpha value is -4.64. The fraction of sp³-hybridized carbons (Fsp3) is 0.0345. The van der Waals surface area contributed by atoms with Crippen LogP contribution < -0.4 is 16.0 Å². The van der Waals surface area contributed by atoms with Gasteiger partial charge in [0.1, 0.15) is 23.5 Å². The summed E-state index contributed by atoms with van der Waals surface area (Å²) in [5.74, 6) is 0.561. The Morgan fingerprint density at radius 3 is 2.32 bits per heavy atom. The topological polar surface area (TPSA) is 69.7 Å². The molecule has 34 heavy (non-hydrogen) atoms. The van der Waals surface area contributed by atoms with Crippen LogP contribution in [0, 0.1) is 0 Å². The van der Waals surface area contributed by atoms with Gasteiger partial charge in [0, 0.05) is 28.5 Å². The van der Waals surface area contributed by atoms with Crippen LogP contribution in [0.25, 0.3) is 43.8 Å². The molecule has 0 saturated heterocycles. The average Bonchev–Trinajstić information content (AvgIpc) is 2.86. The van der Waals surface area contributed by atoms with Crippen LogP contribution in [0.2, 0.25) is 0 Å². The number of hydrogen-bond acceptors (Lipinski definition) is 5. The molecule has 0 spiro atoms. The number of ether oxygens (including phenoxy) is 1. The maximum absolute atomic E-state index is 12.7. The minimum atomic E-state index is -0.554. The number of benzene rings is 4. The quantitative estimate of drug-likeness (QED) is 0.297. The van der Waals surface area contributed by atoms with Crippen molar-refractivity contribution >= 4 is 32.7 Å². The summed E-state index contributed by atoms with van der Waals surface area (Å²) in [5, 5.41) is 3.67. The summed E-state index contributed by atoms with van der Waals surface area (Å²) >= 11 is 0. The molecule has 0 fully saturated rings. The first-order valence-corrected chi connectivity index (χ1v) is 10.9. The zero-order valence-electron chi connectivity index (χ0n) is 18.0. The molecule has 0 amide bonds. The second-order valence-corrected chi connectivity index (χ2v) is 8.05. The predicted molar refractivity (Wildman–Crippen MR) is 132 cm³/mol. The van der Waals surface area contributed by atoms with Crippen molar-refractivity contribution in [3.05, 3.63) is 123 Å². The Kier molecular flexibility index (Phi) is 4.73. The van der Waals surface area contributed by atoms with Crippen molar-refractivity contribution in [2.24, 2.45) is 0 Å². The van der Waals surface area contributed by atoms with Crippen LogP contribution in [0.4, 0.5) is 0 Å². The Bertz CT molecular complexity index is 1800. The third-order valence-electron chi connectivity index (χ3n) is 5.92. The zero-order chi connectivity index (χ0) is 23.1. The molecule has 6 aromatic rings. The van der Waals surface area contributed by atoms with Gasteiger partial charge in [-0.15, -0.1) is 0 Å². The van der Waals surface area contributed by atoms with E-state index in [9.17, 15) is 9.59 Å². The first kappa shape index (κ1) is 20.0. The van der Waals surface area contributed by atoms with Gasteiger partial charge >= 0.3 is 11.3 Å². The lowest BCUT2D eigenvalue weighted by molar-refractivity contribution is 0.307. The Balaban J connectivity index is 1.40. The Labute approximate surface area is 193 Å². The summed E-state index contributed by atoms with van der Waals surface area (Å²) in [6, 6.07) is 29.8. The van der Waals surface area contributed by atoms with Crippen molar-refractivity contribution in [3.8, 4) is 16.9 Å². The Morgan fingerprint density at radius 1 is 0.618 bits per heavy atom. The van der Waals surface area contributed by atoms with Gasteiger partial charge < -0.3 is 13.6 Å². The van der Waals surface area contributed by atoms with E-state index in [1.807, 2.05) is 36.4 Å². The van der Waals surface area contributed by atoms with Crippen molar-refractivity contribution in [3.63, 3.8) is 0 Å². The molecule has 4 aromatic carbocycles. The average molecular weight is 446 g/mol. The third-order valence-corrected chi connectivity index (χ3v) is 5.92. The van der Waals surface area contributed by atoms with Gasteiger partial charge in [-0.05, 0) is 40.6 Å². The van der Waals surface area contributed by atoms with E-state index in [-0.39, 0.29) is 0 Å². The Morgan fingerprint density at radius 2 is 1.41 bits per heavy atom. The summed E-state index contributed by atoms with van der Waals surface area (Å²) in [4.78, 5) is 25.0. The highest BCUT2D eigenvalue weighted by molar-refractivity contribution is 5.95. The molecule has 0 aliphatic heterocycles. The second-order valence-electron chi connectivity index (χ2n) is 8.05. The van der Waals surface area contributed by atoms with Gasteiger partial charge in [-0.1, -0.05) is 60.7 Å². The van der Waals surface area contributed by atoms with E-state index < -0.39 is 11.3 Å². The van der Waals surface area contributed by atoms with Gasteiger partial charge in [0.05, 0.1) is 5.56 Å². The monoisotopic (exact) mass is 446 g/mol. The molecule has 2 heterocycles. The molecule has 0 atom stereocenters. The van der Waals surface area contributed by atoms with Gasteiger partial charge in [0.25, 0.3) is 0 Å². The van der Waals surface area contributed by atoms with E-state index >= 15 is 0 Å². The van der Waals surface area contributed by atoms with Crippen LogP contribution in [-0.2, 0) is 6.61 Å². The van der Waals surface area contributed by atoms with Gasteiger partial charge in [0.15, 0.2) is 0 Å². The number of para-hydroxylation sites is 1. The van der Waals surface area contributed by atoms with Gasteiger partial charge in [-0.3, -0.25) is 0 Å². The molecule has 0 aliphatic carbocycles. The summed E-state index contributed by atoms with van der Waals surface area (Å²) in [7, 11) is 0. The fourth-order valence-electron chi connectivity index (χ4n) is 4.28. The standard InChI is InChI=1S/C29H18O5/c30-28-16-24(25-14-19-7-2-4-11-26(19)34-29(25)31)23-13-12-21(15-27(23)33-28)32-17-20-9-5-8-18-6-1-3-10-22(18)20/h1-16H,17H2. The van der Waals surface area contributed by atoms with E-state index in [0.29, 0.717) is 40.0 Å². The highest BCUT2D eigenvalue weighted by Crippen LogP contribution is 2.30. The lowest BCUT2D eigenvalue weighted by Crippen LogP contribution is -2.06. The molecular formula is C29H18O5. The number of fused-ring (bicyclic) bond motifs is 3. The maximum Gasteiger partial charge on any atom is 0.344 e. The first-order chi connectivity index (χ1) is 16.7. The molecule has 0 saturated carbocycles. The van der Waals surface area contributed by atoms with Crippen molar-refractivity contribution in [1.29, 1.82) is 0 Å². The van der Waals surface area contributed by atoms with Crippen LogP contribution in [0.15, 0.2) is 115 Å². The van der Waals surface area contributed by atoms with Crippen molar-refractivity contribution in [2.75, 3.05) is 0 Å². The fourth-order valence-corrected chi connectivity index (χ4v) is 4.28. The summed E-state index contributed by atoms with van der Waals surface area (Å²) in [6.45, 7) is 0.366. The molecular weight excluding hydrogens is 428 g/mol. The molecule has 164 valence electrons. The molecule has 0 unspecified atom stereocenters. The third kappa shape index (κ3) is 3.53. The number of hydrogen-bond donors (Lipinski definition) is 0. The smallest absolute Gasteiger partial charge is 0.344 e. The van der Waals surface area contributed by atoms with Crippen molar-refractivity contribution < 1.29 is 13.6 Å². The normalized spacial score (nSPS) is 11.3. The molecule has 5 heteroatoms. The largest absolute Gasteiger partial charge is 0.489 e. The molecule has 6 rings (SSSR count). The van der Waals surface area contributed by atoms with E-state index in [4.69, 9.17) is 13.6 Å². The van der Waals surface area contributed by atoms with Crippen LogP contribution in [0.5, 0.6) is 5.75 Å². The molecule has 0 radical (unpaired) electrons. The first-order valence-electron chi connectivity index (χ1n) is 10.9. The highest BCUT2D eigenvalue weighted by Gasteiger charge is 2.14. The van der Waals surface area contributed by atoms with E-state index in [1.165, 1.54) is 6.07 Å². The van der Waals surface area contributed by atoms with Gasteiger partial charge in [-0.25, -0.2) is 9.59 Å². The molecule has 0 N–H and O–H groups in total. The van der Waals surface area contributed by atoms with E-state index in [0.717, 1.165) is 21.7 Å². The molecule has 5 nitrogen and oxygen atoms in total. The predicted octanol–water partition coefficient (Wildman–Crippen LogP) is 6.30. The molecule has 0 aliphatic rings. The van der Waals surface area contributed by atoms with E-state index in [2.05, 4.69) is 18.2 Å². The van der Waals surface area contributed by atoms with Crippen molar-refractivity contribution in [1.82, 2.24) is 0 Å². The summed E-state index contributed by atoms with van der Waals surface area (Å²) in [6.07, 6.45) is 0.